The molecule has 0 bridgehead atoms. The number of likely N-dealkylation sites (tertiary alicyclic amines) is 1. The summed E-state index contributed by atoms with van der Waals surface area (Å²) in [6.45, 7) is 8.13. The normalized spacial score (nSPS) is 23.8. The van der Waals surface area contributed by atoms with E-state index in [-0.39, 0.29) is 18.3 Å². The molecule has 2 aliphatic heterocycles. The number of aromatic nitrogens is 2. The number of carbonyl (C=O) groups is 1. The molecule has 2 saturated heterocycles. The fraction of sp³-hybridized carbons (Fsp3) is 0.765. The van der Waals surface area contributed by atoms with Gasteiger partial charge in [0.25, 0.3) is 5.91 Å². The van der Waals surface area contributed by atoms with Crippen molar-refractivity contribution in [1.82, 2.24) is 20.0 Å². The maximum atomic E-state index is 13.3. The number of carbonyl (C=O) groups excluding carboxylic acids is 1. The Labute approximate surface area is 145 Å². The van der Waals surface area contributed by atoms with Crippen LogP contribution in [0.15, 0.2) is 18.5 Å². The maximum Gasteiger partial charge on any atom is 0.250 e. The molecule has 6 heteroatoms. The average Bonchev–Trinajstić information content (AvgIpc) is 3.18. The summed E-state index contributed by atoms with van der Waals surface area (Å²) < 4.78 is 1.91. The highest BCUT2D eigenvalue weighted by Gasteiger charge is 2.45. The zero-order valence-corrected chi connectivity index (χ0v) is 15.0. The Kier molecular flexibility index (Phi) is 6.09. The quantitative estimate of drug-likeness (QED) is 0.914. The lowest BCUT2D eigenvalue weighted by molar-refractivity contribution is -0.142. The van der Waals surface area contributed by atoms with E-state index in [0.717, 1.165) is 45.4 Å². The van der Waals surface area contributed by atoms with Crippen LogP contribution < -0.4 is 5.32 Å². The maximum absolute atomic E-state index is 13.3. The third-order valence-corrected chi connectivity index (χ3v) is 5.15. The Morgan fingerprint density at radius 2 is 2.13 bits per heavy atom. The Morgan fingerprint density at radius 3 is 2.74 bits per heavy atom. The van der Waals surface area contributed by atoms with E-state index in [1.54, 1.807) is 6.20 Å². The van der Waals surface area contributed by atoms with Gasteiger partial charge in [-0.3, -0.25) is 9.48 Å². The number of hydrogen-bond donors (Lipinski definition) is 1. The van der Waals surface area contributed by atoms with Crippen LogP contribution in [-0.4, -0.2) is 46.8 Å². The van der Waals surface area contributed by atoms with Gasteiger partial charge in [0, 0.05) is 25.5 Å². The predicted octanol–water partition coefficient (Wildman–Crippen LogP) is 2.28. The van der Waals surface area contributed by atoms with E-state index in [9.17, 15) is 4.79 Å². The first-order valence-electron chi connectivity index (χ1n) is 8.62. The largest absolute Gasteiger partial charge is 0.340 e. The zero-order chi connectivity index (χ0) is 15.6. The molecule has 1 N–H and O–H groups in total. The van der Waals surface area contributed by atoms with Crippen molar-refractivity contribution in [3.05, 3.63) is 18.5 Å². The fourth-order valence-corrected chi connectivity index (χ4v) is 4.07. The van der Waals surface area contributed by atoms with Crippen LogP contribution in [0.3, 0.4) is 0 Å². The number of nitrogens with one attached hydrogen (secondary N) is 1. The summed E-state index contributed by atoms with van der Waals surface area (Å²) in [5.41, 5.74) is -0.471. The predicted molar refractivity (Wildman–Crippen MR) is 93.7 cm³/mol. The molecule has 1 unspecified atom stereocenters. The number of piperidine rings is 1. The van der Waals surface area contributed by atoms with Crippen LogP contribution in [0.4, 0.5) is 0 Å². The molecule has 5 nitrogen and oxygen atoms in total. The zero-order valence-electron chi connectivity index (χ0n) is 14.2. The van der Waals surface area contributed by atoms with Crippen molar-refractivity contribution in [2.75, 3.05) is 26.2 Å². The monoisotopic (exact) mass is 340 g/mol. The molecule has 3 heterocycles. The lowest BCUT2D eigenvalue weighted by atomic mass is 9.86. The van der Waals surface area contributed by atoms with Crippen LogP contribution >= 0.6 is 12.4 Å². The van der Waals surface area contributed by atoms with Crippen molar-refractivity contribution >= 4 is 18.3 Å². The molecular formula is C17H29ClN4O. The van der Waals surface area contributed by atoms with Gasteiger partial charge < -0.3 is 10.2 Å². The van der Waals surface area contributed by atoms with Crippen molar-refractivity contribution in [3.63, 3.8) is 0 Å². The van der Waals surface area contributed by atoms with Crippen molar-refractivity contribution in [1.29, 1.82) is 0 Å². The van der Waals surface area contributed by atoms with Crippen LogP contribution in [0.25, 0.3) is 0 Å². The standard InChI is InChI=1S/C17H28N4O.ClH/c1-14(2)12-15-4-11-20(13-15)16(22)17(5-8-18-9-6-17)21-10-3-7-19-21;/h3,7,10,14-15,18H,4-6,8-9,11-13H2,1-2H3;1H. The van der Waals surface area contributed by atoms with Gasteiger partial charge in [-0.25, -0.2) is 0 Å². The second-order valence-corrected chi connectivity index (χ2v) is 7.27. The number of halogens is 1. The average molecular weight is 341 g/mol. The first-order chi connectivity index (χ1) is 10.6. The van der Waals surface area contributed by atoms with Crippen molar-refractivity contribution in [2.24, 2.45) is 11.8 Å². The summed E-state index contributed by atoms with van der Waals surface area (Å²) in [4.78, 5) is 15.4. The summed E-state index contributed by atoms with van der Waals surface area (Å²) in [6.07, 6.45) is 7.77. The van der Waals surface area contributed by atoms with Gasteiger partial charge in [0.15, 0.2) is 0 Å². The molecule has 1 aromatic rings. The van der Waals surface area contributed by atoms with Gasteiger partial charge in [0.05, 0.1) is 0 Å². The first kappa shape index (κ1) is 18.3. The van der Waals surface area contributed by atoms with Crippen LogP contribution in [0.5, 0.6) is 0 Å². The molecule has 1 amide bonds. The SMILES string of the molecule is CC(C)CC1CCN(C(=O)C2(n3cccn3)CCNCC2)C1.Cl. The van der Waals surface area contributed by atoms with E-state index in [1.165, 1.54) is 6.42 Å². The van der Waals surface area contributed by atoms with E-state index in [1.807, 2.05) is 16.9 Å². The third kappa shape index (κ3) is 3.72. The van der Waals surface area contributed by atoms with Gasteiger partial charge in [0.1, 0.15) is 5.54 Å². The second-order valence-electron chi connectivity index (χ2n) is 7.27. The number of nitrogens with zero attached hydrogens (tertiary/aromatic N) is 3. The Hall–Kier alpha value is -1.07. The third-order valence-electron chi connectivity index (χ3n) is 5.15. The molecule has 0 radical (unpaired) electrons. The minimum atomic E-state index is -0.471. The number of hydrogen-bond acceptors (Lipinski definition) is 3. The van der Waals surface area contributed by atoms with Crippen molar-refractivity contribution in [3.8, 4) is 0 Å². The van der Waals surface area contributed by atoms with Gasteiger partial charge in [-0.15, -0.1) is 12.4 Å². The summed E-state index contributed by atoms with van der Waals surface area (Å²) in [5.74, 6) is 1.66. The topological polar surface area (TPSA) is 50.2 Å². The molecule has 0 saturated carbocycles. The molecule has 1 atom stereocenters. The summed E-state index contributed by atoms with van der Waals surface area (Å²) in [7, 11) is 0. The molecule has 2 fully saturated rings. The lowest BCUT2D eigenvalue weighted by Crippen LogP contribution is -2.55. The van der Waals surface area contributed by atoms with Crippen molar-refractivity contribution in [2.45, 2.75) is 45.1 Å². The highest BCUT2D eigenvalue weighted by atomic mass is 35.5. The molecule has 1 aromatic heterocycles. The number of amides is 1. The molecular weight excluding hydrogens is 312 g/mol. The van der Waals surface area contributed by atoms with E-state index < -0.39 is 5.54 Å². The van der Waals surface area contributed by atoms with Crippen LogP contribution in [-0.2, 0) is 10.3 Å². The Balaban J connectivity index is 0.00000192. The number of rotatable bonds is 4. The smallest absolute Gasteiger partial charge is 0.250 e. The van der Waals surface area contributed by atoms with Crippen molar-refractivity contribution < 1.29 is 4.79 Å². The van der Waals surface area contributed by atoms with E-state index in [0.29, 0.717) is 11.8 Å². The molecule has 0 spiro atoms. The highest BCUT2D eigenvalue weighted by molar-refractivity contribution is 5.85. The molecule has 2 aliphatic rings. The van der Waals surface area contributed by atoms with Gasteiger partial charge in [0.2, 0.25) is 0 Å². The second kappa shape index (κ2) is 7.67. The first-order valence-corrected chi connectivity index (χ1v) is 8.62. The minimum absolute atomic E-state index is 0. The molecule has 0 aliphatic carbocycles. The molecule has 3 rings (SSSR count). The van der Waals surface area contributed by atoms with E-state index >= 15 is 0 Å². The van der Waals surface area contributed by atoms with Crippen LogP contribution in [0, 0.1) is 11.8 Å². The van der Waals surface area contributed by atoms with Gasteiger partial charge in [-0.2, -0.15) is 5.10 Å². The highest BCUT2D eigenvalue weighted by Crippen LogP contribution is 2.32. The van der Waals surface area contributed by atoms with Gasteiger partial charge in [-0.05, 0) is 56.7 Å². The Morgan fingerprint density at radius 1 is 1.39 bits per heavy atom. The Bertz CT molecular complexity index is 497. The van der Waals surface area contributed by atoms with Gasteiger partial charge >= 0.3 is 0 Å². The molecule has 23 heavy (non-hydrogen) atoms. The summed E-state index contributed by atoms with van der Waals surface area (Å²) >= 11 is 0. The fourth-order valence-electron chi connectivity index (χ4n) is 4.07. The summed E-state index contributed by atoms with van der Waals surface area (Å²) in [5, 5.41) is 7.78. The molecule has 0 aromatic carbocycles. The van der Waals surface area contributed by atoms with E-state index in [4.69, 9.17) is 0 Å². The summed E-state index contributed by atoms with van der Waals surface area (Å²) in [6, 6.07) is 1.92. The van der Waals surface area contributed by atoms with Crippen LogP contribution in [0.2, 0.25) is 0 Å². The van der Waals surface area contributed by atoms with Crippen LogP contribution in [0.1, 0.15) is 39.5 Å². The van der Waals surface area contributed by atoms with Gasteiger partial charge in [-0.1, -0.05) is 13.8 Å². The lowest BCUT2D eigenvalue weighted by Gasteiger charge is -2.39. The minimum Gasteiger partial charge on any atom is -0.340 e. The van der Waals surface area contributed by atoms with E-state index in [2.05, 4.69) is 29.2 Å². The molecule has 130 valence electrons.